The van der Waals surface area contributed by atoms with Gasteiger partial charge in [0, 0.05) is 11.8 Å². The van der Waals surface area contributed by atoms with Crippen molar-refractivity contribution in [1.82, 2.24) is 15.0 Å². The molecule has 0 saturated heterocycles. The fourth-order valence-electron chi connectivity index (χ4n) is 1.61. The van der Waals surface area contributed by atoms with Crippen LogP contribution in [0.2, 0.25) is 0 Å². The molecule has 0 saturated carbocycles. The van der Waals surface area contributed by atoms with Crippen molar-refractivity contribution in [3.8, 4) is 11.4 Å². The van der Waals surface area contributed by atoms with Crippen LogP contribution in [-0.4, -0.2) is 29.6 Å². The lowest BCUT2D eigenvalue weighted by molar-refractivity contribution is 0.602. The summed E-state index contributed by atoms with van der Waals surface area (Å²) >= 11 is 34.8. The van der Waals surface area contributed by atoms with Gasteiger partial charge in [-0.1, -0.05) is 69.6 Å². The van der Waals surface area contributed by atoms with Gasteiger partial charge in [-0.05, 0) is 24.3 Å². The molecule has 0 atom stereocenters. The van der Waals surface area contributed by atoms with Crippen molar-refractivity contribution in [2.45, 2.75) is 12.5 Å². The summed E-state index contributed by atoms with van der Waals surface area (Å²) in [6.07, 6.45) is 1.09. The van der Waals surface area contributed by atoms with Crippen LogP contribution in [0.15, 0.2) is 29.2 Å². The van der Waals surface area contributed by atoms with E-state index in [1.54, 1.807) is 0 Å². The Morgan fingerprint density at radius 1 is 0.792 bits per heavy atom. The number of hydrogen-bond acceptors (Lipinski definition) is 5. The van der Waals surface area contributed by atoms with Crippen LogP contribution in [0, 0.1) is 0 Å². The van der Waals surface area contributed by atoms with Gasteiger partial charge in [0.25, 0.3) is 0 Å². The van der Waals surface area contributed by atoms with Crippen LogP contribution in [0.5, 0.6) is 0 Å². The molecular formula is C12H7Cl6N3O2S. The van der Waals surface area contributed by atoms with Crippen LogP contribution in [0.1, 0.15) is 11.6 Å². The van der Waals surface area contributed by atoms with E-state index in [9.17, 15) is 8.42 Å². The van der Waals surface area contributed by atoms with Crippen molar-refractivity contribution in [3.05, 3.63) is 35.9 Å². The lowest BCUT2D eigenvalue weighted by atomic mass is 10.2. The second kappa shape index (κ2) is 6.91. The Bertz CT molecular complexity index is 828. The third kappa shape index (κ3) is 4.97. The zero-order chi connectivity index (χ0) is 18.3. The number of halogens is 6. The van der Waals surface area contributed by atoms with E-state index < -0.39 is 17.4 Å². The Morgan fingerprint density at radius 3 is 1.54 bits per heavy atom. The zero-order valence-corrected chi connectivity index (χ0v) is 17.0. The molecule has 0 amide bonds. The predicted octanol–water partition coefficient (Wildman–Crippen LogP) is 4.60. The molecule has 0 spiro atoms. The molecule has 0 bridgehead atoms. The van der Waals surface area contributed by atoms with E-state index in [4.69, 9.17) is 69.6 Å². The van der Waals surface area contributed by atoms with E-state index in [0.29, 0.717) is 5.56 Å². The van der Waals surface area contributed by atoms with Gasteiger partial charge in [0.2, 0.25) is 7.59 Å². The summed E-state index contributed by atoms with van der Waals surface area (Å²) in [6.45, 7) is 0. The summed E-state index contributed by atoms with van der Waals surface area (Å²) in [5.41, 5.74) is 0.427. The van der Waals surface area contributed by atoms with Gasteiger partial charge in [-0.3, -0.25) is 0 Å². The van der Waals surface area contributed by atoms with Crippen LogP contribution >= 0.6 is 69.6 Å². The van der Waals surface area contributed by atoms with Crippen molar-refractivity contribution >= 4 is 79.4 Å². The smallest absolute Gasteiger partial charge is 0.224 e. The Morgan fingerprint density at radius 2 is 1.21 bits per heavy atom. The average molecular weight is 470 g/mol. The number of rotatable bonds is 2. The number of sulfone groups is 1. The van der Waals surface area contributed by atoms with Crippen LogP contribution < -0.4 is 0 Å². The Hall–Kier alpha value is -0.0800. The molecule has 0 aliphatic rings. The van der Waals surface area contributed by atoms with Crippen molar-refractivity contribution in [1.29, 1.82) is 0 Å². The van der Waals surface area contributed by atoms with Crippen molar-refractivity contribution in [2.24, 2.45) is 0 Å². The molecule has 0 N–H and O–H groups in total. The molecule has 1 aromatic carbocycles. The van der Waals surface area contributed by atoms with Gasteiger partial charge < -0.3 is 0 Å². The third-order valence-electron chi connectivity index (χ3n) is 2.68. The van der Waals surface area contributed by atoms with E-state index >= 15 is 0 Å². The van der Waals surface area contributed by atoms with E-state index in [1.165, 1.54) is 24.3 Å². The van der Waals surface area contributed by atoms with E-state index in [-0.39, 0.29) is 22.4 Å². The first-order chi connectivity index (χ1) is 10.8. The number of hydrogen-bond donors (Lipinski definition) is 0. The van der Waals surface area contributed by atoms with Gasteiger partial charge in [-0.2, -0.15) is 0 Å². The lowest BCUT2D eigenvalue weighted by Crippen LogP contribution is -2.16. The summed E-state index contributed by atoms with van der Waals surface area (Å²) in [5.74, 6) is -0.398. The van der Waals surface area contributed by atoms with Crippen molar-refractivity contribution in [3.63, 3.8) is 0 Å². The normalized spacial score (nSPS) is 13.1. The molecule has 0 unspecified atom stereocenters. The van der Waals surface area contributed by atoms with Crippen LogP contribution in [0.3, 0.4) is 0 Å². The fourth-order valence-corrected chi connectivity index (χ4v) is 2.75. The highest BCUT2D eigenvalue weighted by Crippen LogP contribution is 2.40. The molecule has 0 fully saturated rings. The van der Waals surface area contributed by atoms with Gasteiger partial charge in [0.1, 0.15) is 0 Å². The van der Waals surface area contributed by atoms with Crippen molar-refractivity contribution < 1.29 is 8.42 Å². The molecule has 24 heavy (non-hydrogen) atoms. The molecule has 12 heteroatoms. The highest BCUT2D eigenvalue weighted by molar-refractivity contribution is 7.90. The molecule has 2 rings (SSSR count). The minimum atomic E-state index is -3.34. The maximum absolute atomic E-state index is 11.5. The molecule has 0 aliphatic heterocycles. The van der Waals surface area contributed by atoms with E-state index in [0.717, 1.165) is 6.26 Å². The van der Waals surface area contributed by atoms with Crippen molar-refractivity contribution in [2.75, 3.05) is 6.26 Å². The molecular weight excluding hydrogens is 463 g/mol. The number of aromatic nitrogens is 3. The Balaban J connectivity index is 2.61. The molecule has 0 aliphatic carbocycles. The SMILES string of the molecule is CS(=O)(=O)c1ccc(-c2nc(C(Cl)(Cl)Cl)nc(C(Cl)(Cl)Cl)n2)cc1. The molecule has 1 aromatic heterocycles. The molecule has 5 nitrogen and oxygen atoms in total. The summed E-state index contributed by atoms with van der Waals surface area (Å²) in [6, 6.07) is 5.74. The largest absolute Gasteiger partial charge is 0.250 e. The van der Waals surface area contributed by atoms with Crippen LogP contribution in [-0.2, 0) is 17.4 Å². The second-order valence-electron chi connectivity index (χ2n) is 4.60. The topological polar surface area (TPSA) is 72.8 Å². The number of benzene rings is 1. The molecule has 0 radical (unpaired) electrons. The lowest BCUT2D eigenvalue weighted by Gasteiger charge is -2.15. The number of nitrogens with zero attached hydrogens (tertiary/aromatic N) is 3. The third-order valence-corrected chi connectivity index (χ3v) is 4.83. The van der Waals surface area contributed by atoms with Gasteiger partial charge in [0.15, 0.2) is 27.3 Å². The average Bonchev–Trinajstić information content (AvgIpc) is 2.44. The minimum Gasteiger partial charge on any atom is -0.224 e. The first-order valence-corrected chi connectivity index (χ1v) is 10.2. The van der Waals surface area contributed by atoms with Gasteiger partial charge >= 0.3 is 0 Å². The zero-order valence-electron chi connectivity index (χ0n) is 11.6. The number of alkyl halides is 6. The monoisotopic (exact) mass is 467 g/mol. The second-order valence-corrected chi connectivity index (χ2v) is 11.2. The maximum Gasteiger partial charge on any atom is 0.250 e. The van der Waals surface area contributed by atoms with E-state index in [1.807, 2.05) is 0 Å². The highest BCUT2D eigenvalue weighted by atomic mass is 35.6. The fraction of sp³-hybridized carbons (Fsp3) is 0.250. The van der Waals surface area contributed by atoms with Crippen LogP contribution in [0.25, 0.3) is 11.4 Å². The predicted molar refractivity (Wildman–Crippen MR) is 96.8 cm³/mol. The maximum atomic E-state index is 11.5. The van der Waals surface area contributed by atoms with Gasteiger partial charge in [0.05, 0.1) is 4.90 Å². The summed E-state index contributed by atoms with van der Waals surface area (Å²) in [7, 11) is -3.34. The quantitative estimate of drug-likeness (QED) is 0.601. The molecule has 130 valence electrons. The standard InChI is InChI=1S/C12H7Cl6N3O2S/c1-24(22,23)7-4-2-6(3-5-7)8-19-9(11(13,14)15)21-10(20-8)12(16,17)18/h2-5H,1H3. The van der Waals surface area contributed by atoms with Gasteiger partial charge in [-0.25, -0.2) is 23.4 Å². The minimum absolute atomic E-state index is 0.0627. The van der Waals surface area contributed by atoms with Crippen LogP contribution in [0.4, 0.5) is 0 Å². The van der Waals surface area contributed by atoms with E-state index in [2.05, 4.69) is 15.0 Å². The Labute approximate surface area is 168 Å². The summed E-state index contributed by atoms with van der Waals surface area (Å²) in [5, 5.41) is 0. The summed E-state index contributed by atoms with van der Waals surface area (Å²) in [4.78, 5) is 12.1. The molecule has 2 aromatic rings. The highest BCUT2D eigenvalue weighted by Gasteiger charge is 2.34. The first-order valence-electron chi connectivity index (χ1n) is 5.99. The van der Waals surface area contributed by atoms with Gasteiger partial charge in [-0.15, -0.1) is 0 Å². The molecule has 1 heterocycles. The Kier molecular flexibility index (Phi) is 5.83. The first kappa shape index (κ1) is 20.2. The summed E-state index contributed by atoms with van der Waals surface area (Å²) < 4.78 is 19.1.